The van der Waals surface area contributed by atoms with E-state index in [-0.39, 0.29) is 0 Å². The molecule has 0 aromatic heterocycles. The summed E-state index contributed by atoms with van der Waals surface area (Å²) in [5, 5.41) is 0. The topological polar surface area (TPSA) is 35.2 Å². The molecule has 1 fully saturated rings. The lowest BCUT2D eigenvalue weighted by molar-refractivity contribution is 0.178. The average molecular weight is 203 g/mol. The van der Waals surface area contributed by atoms with Gasteiger partial charge in [0.05, 0.1) is 7.11 Å². The molecule has 3 rings (SSSR count). The molecular formula is C13H17NO. The van der Waals surface area contributed by atoms with Gasteiger partial charge in [-0.15, -0.1) is 0 Å². The molecule has 80 valence electrons. The Morgan fingerprint density at radius 3 is 3.00 bits per heavy atom. The van der Waals surface area contributed by atoms with Crippen molar-refractivity contribution in [1.29, 1.82) is 0 Å². The number of hydrogen-bond acceptors (Lipinski definition) is 2. The van der Waals surface area contributed by atoms with Crippen molar-refractivity contribution in [3.05, 3.63) is 29.3 Å². The molecule has 2 nitrogen and oxygen atoms in total. The molecule has 3 atom stereocenters. The Balaban J connectivity index is 1.98. The van der Waals surface area contributed by atoms with Gasteiger partial charge in [-0.3, -0.25) is 0 Å². The van der Waals surface area contributed by atoms with Crippen molar-refractivity contribution in [3.8, 4) is 5.75 Å². The molecule has 2 N–H and O–H groups in total. The van der Waals surface area contributed by atoms with Gasteiger partial charge in [0.15, 0.2) is 0 Å². The van der Waals surface area contributed by atoms with Crippen molar-refractivity contribution in [3.63, 3.8) is 0 Å². The van der Waals surface area contributed by atoms with Gasteiger partial charge in [-0.1, -0.05) is 6.07 Å². The Kier molecular flexibility index (Phi) is 1.99. The summed E-state index contributed by atoms with van der Waals surface area (Å²) in [6.07, 6.45) is 3.62. The first-order valence-corrected chi connectivity index (χ1v) is 5.72. The first kappa shape index (κ1) is 9.22. The summed E-state index contributed by atoms with van der Waals surface area (Å²) in [4.78, 5) is 0. The lowest BCUT2D eigenvalue weighted by Crippen LogP contribution is -2.48. The number of fused-ring (bicyclic) bond motifs is 3. The van der Waals surface area contributed by atoms with E-state index in [1.54, 1.807) is 7.11 Å². The number of methoxy groups -OCH3 is 1. The summed E-state index contributed by atoms with van der Waals surface area (Å²) >= 11 is 0. The summed E-state index contributed by atoms with van der Waals surface area (Å²) in [7, 11) is 1.73. The minimum Gasteiger partial charge on any atom is -0.497 e. The molecule has 1 saturated carbocycles. The van der Waals surface area contributed by atoms with Gasteiger partial charge >= 0.3 is 0 Å². The zero-order valence-corrected chi connectivity index (χ0v) is 9.07. The molecule has 0 spiro atoms. The molecule has 2 aliphatic carbocycles. The summed E-state index contributed by atoms with van der Waals surface area (Å²) in [6.45, 7) is 0. The molecule has 2 heteroatoms. The van der Waals surface area contributed by atoms with Gasteiger partial charge in [0.25, 0.3) is 0 Å². The molecule has 15 heavy (non-hydrogen) atoms. The normalized spacial score (nSPS) is 32.5. The third-order valence-corrected chi connectivity index (χ3v) is 4.09. The van der Waals surface area contributed by atoms with Crippen LogP contribution in [-0.4, -0.2) is 13.2 Å². The van der Waals surface area contributed by atoms with E-state index in [2.05, 4.69) is 18.2 Å². The molecule has 0 heterocycles. The maximum absolute atomic E-state index is 6.03. The van der Waals surface area contributed by atoms with E-state index in [0.29, 0.717) is 12.0 Å². The van der Waals surface area contributed by atoms with Crippen LogP contribution in [0.4, 0.5) is 0 Å². The van der Waals surface area contributed by atoms with E-state index < -0.39 is 0 Å². The molecule has 0 saturated heterocycles. The lowest BCUT2D eigenvalue weighted by Gasteiger charge is -2.47. The van der Waals surface area contributed by atoms with Crippen molar-refractivity contribution in [2.75, 3.05) is 7.11 Å². The van der Waals surface area contributed by atoms with E-state index in [1.165, 1.54) is 24.0 Å². The Labute approximate surface area is 90.4 Å². The van der Waals surface area contributed by atoms with Crippen LogP contribution in [0.5, 0.6) is 5.75 Å². The van der Waals surface area contributed by atoms with Gasteiger partial charge in [-0.05, 0) is 54.4 Å². The first-order chi connectivity index (χ1) is 7.29. The van der Waals surface area contributed by atoms with Crippen molar-refractivity contribution in [1.82, 2.24) is 0 Å². The molecule has 2 aliphatic rings. The highest BCUT2D eigenvalue weighted by Gasteiger charge is 2.42. The second-order valence-corrected chi connectivity index (χ2v) is 4.77. The van der Waals surface area contributed by atoms with Crippen molar-refractivity contribution in [2.24, 2.45) is 11.7 Å². The summed E-state index contributed by atoms with van der Waals surface area (Å²) < 4.78 is 5.28. The van der Waals surface area contributed by atoms with Crippen LogP contribution < -0.4 is 10.5 Å². The van der Waals surface area contributed by atoms with E-state index in [0.717, 1.165) is 18.1 Å². The Hall–Kier alpha value is -1.02. The zero-order chi connectivity index (χ0) is 10.4. The smallest absolute Gasteiger partial charge is 0.119 e. The number of nitrogens with two attached hydrogens (primary N) is 1. The van der Waals surface area contributed by atoms with Crippen LogP contribution in [0.1, 0.15) is 29.9 Å². The van der Waals surface area contributed by atoms with Crippen LogP contribution in [0.3, 0.4) is 0 Å². The second-order valence-electron chi connectivity index (χ2n) is 4.77. The monoisotopic (exact) mass is 203 g/mol. The molecule has 0 bridgehead atoms. The number of hydrogen-bond donors (Lipinski definition) is 1. The van der Waals surface area contributed by atoms with Gasteiger partial charge in [-0.25, -0.2) is 0 Å². The number of ether oxygens (including phenoxy) is 1. The quantitative estimate of drug-likeness (QED) is 0.758. The Morgan fingerprint density at radius 2 is 2.27 bits per heavy atom. The second kappa shape index (κ2) is 3.24. The standard InChI is InChI=1S/C13H17NO/c1-15-9-4-2-8-3-5-10-12(7-13(10)14)11(8)6-9/h2,4,6,10,12-13H,3,5,7,14H2,1H3. The largest absolute Gasteiger partial charge is 0.497 e. The number of benzene rings is 1. The first-order valence-electron chi connectivity index (χ1n) is 5.72. The van der Waals surface area contributed by atoms with Gasteiger partial charge in [-0.2, -0.15) is 0 Å². The highest BCUT2D eigenvalue weighted by molar-refractivity contribution is 5.42. The van der Waals surface area contributed by atoms with E-state index >= 15 is 0 Å². The molecule has 0 radical (unpaired) electrons. The fourth-order valence-corrected chi connectivity index (χ4v) is 3.11. The Bertz CT molecular complexity index is 388. The maximum Gasteiger partial charge on any atom is 0.119 e. The molecule has 3 unspecified atom stereocenters. The number of rotatable bonds is 1. The fourth-order valence-electron chi connectivity index (χ4n) is 3.11. The third-order valence-electron chi connectivity index (χ3n) is 4.09. The maximum atomic E-state index is 6.03. The predicted molar refractivity (Wildman–Crippen MR) is 60.1 cm³/mol. The predicted octanol–water partition coefficient (Wildman–Crippen LogP) is 2.07. The molecular weight excluding hydrogens is 186 g/mol. The van der Waals surface area contributed by atoms with Crippen molar-refractivity contribution >= 4 is 0 Å². The van der Waals surface area contributed by atoms with Crippen LogP contribution in [0.25, 0.3) is 0 Å². The highest BCUT2D eigenvalue weighted by Crippen LogP contribution is 2.49. The molecule has 0 aliphatic heterocycles. The lowest BCUT2D eigenvalue weighted by atomic mass is 9.60. The molecule has 1 aromatic rings. The molecule has 0 amide bonds. The van der Waals surface area contributed by atoms with Gasteiger partial charge in [0.2, 0.25) is 0 Å². The van der Waals surface area contributed by atoms with Crippen LogP contribution in [0, 0.1) is 5.92 Å². The SMILES string of the molecule is COc1ccc2c(c1)C1CC(N)C1CC2. The summed E-state index contributed by atoms with van der Waals surface area (Å²) in [5.74, 6) is 2.42. The fraction of sp³-hybridized carbons (Fsp3) is 0.538. The van der Waals surface area contributed by atoms with Crippen LogP contribution in [0.2, 0.25) is 0 Å². The summed E-state index contributed by atoms with van der Waals surface area (Å²) in [5.41, 5.74) is 9.03. The number of aryl methyl sites for hydroxylation is 1. The van der Waals surface area contributed by atoms with Crippen LogP contribution in [-0.2, 0) is 6.42 Å². The van der Waals surface area contributed by atoms with Gasteiger partial charge < -0.3 is 10.5 Å². The average Bonchev–Trinajstić information content (AvgIpc) is 2.26. The zero-order valence-electron chi connectivity index (χ0n) is 9.07. The van der Waals surface area contributed by atoms with Crippen LogP contribution >= 0.6 is 0 Å². The Morgan fingerprint density at radius 1 is 1.40 bits per heavy atom. The molecule has 1 aromatic carbocycles. The third kappa shape index (κ3) is 1.28. The van der Waals surface area contributed by atoms with Crippen molar-refractivity contribution in [2.45, 2.75) is 31.2 Å². The van der Waals surface area contributed by atoms with Crippen LogP contribution in [0.15, 0.2) is 18.2 Å². The van der Waals surface area contributed by atoms with Gasteiger partial charge in [0, 0.05) is 6.04 Å². The highest BCUT2D eigenvalue weighted by atomic mass is 16.5. The van der Waals surface area contributed by atoms with Crippen molar-refractivity contribution < 1.29 is 4.74 Å². The summed E-state index contributed by atoms with van der Waals surface area (Å²) in [6, 6.07) is 6.93. The van der Waals surface area contributed by atoms with Gasteiger partial charge in [0.1, 0.15) is 5.75 Å². The van der Waals surface area contributed by atoms with E-state index in [9.17, 15) is 0 Å². The minimum atomic E-state index is 0.439. The van der Waals surface area contributed by atoms with E-state index in [1.807, 2.05) is 0 Å². The van der Waals surface area contributed by atoms with E-state index in [4.69, 9.17) is 10.5 Å². The minimum absolute atomic E-state index is 0.439.